The molecule has 448 valence electrons. The summed E-state index contributed by atoms with van der Waals surface area (Å²) in [5, 5.41) is 29.2. The molecule has 0 saturated heterocycles. The van der Waals surface area contributed by atoms with Crippen molar-refractivity contribution >= 4 is 68.0 Å². The number of fused-ring (bicyclic) bond motifs is 21. The van der Waals surface area contributed by atoms with Gasteiger partial charge in [0.05, 0.1) is 0 Å². The Morgan fingerprint density at radius 1 is 0.388 bits per heavy atom. The molecular weight excluding hydrogens is 1220 g/mol. The van der Waals surface area contributed by atoms with Crippen LogP contribution in [0.5, 0.6) is 0 Å². The normalized spacial score (nSPS) is 13.1. The summed E-state index contributed by atoms with van der Waals surface area (Å²) < 4.78 is 2.09. The predicted molar refractivity (Wildman–Crippen MR) is 363 cm³/mol. The van der Waals surface area contributed by atoms with Crippen LogP contribution in [-0.2, 0) is 40.8 Å². The average Bonchev–Trinajstić information content (AvgIpc) is 1.57. The van der Waals surface area contributed by atoms with E-state index in [0.29, 0.717) is 5.95 Å². The van der Waals surface area contributed by atoms with E-state index >= 15 is 0 Å². The summed E-state index contributed by atoms with van der Waals surface area (Å²) in [5.74, 6) is 0.754. The molecule has 0 N–H and O–H groups in total. The molecule has 0 radical (unpaired) electrons. The molecule has 11 heteroatoms. The van der Waals surface area contributed by atoms with E-state index in [1.165, 1.54) is 117 Å². The Kier molecular flexibility index (Phi) is 25.8. The SMILES string of the molecule is CC.CC.CC.CC.CC.CC.CC.CC.CC.C[N-]CC1c2[c-]c3c(cc2-c2ccccc21)-c1cccc2c1B3c1[c-]c3c(cc1-2)c1cc2c([c-]c1n3-c1nncnn1)B1c3[c-]c4c(cc3-c3cccc-2c31)-c1ccccc1C4C[N-]C.[Pd].[Pd]. The van der Waals surface area contributed by atoms with Crippen molar-refractivity contribution in [1.29, 1.82) is 0 Å². The third-order valence-corrected chi connectivity index (χ3v) is 15.6. The summed E-state index contributed by atoms with van der Waals surface area (Å²) in [5.41, 5.74) is 29.5. The van der Waals surface area contributed by atoms with E-state index < -0.39 is 0 Å². The van der Waals surface area contributed by atoms with Crippen LogP contribution in [0.3, 0.4) is 0 Å². The van der Waals surface area contributed by atoms with Gasteiger partial charge in [-0.3, -0.25) is 0 Å². The van der Waals surface area contributed by atoms with E-state index in [9.17, 15) is 0 Å². The van der Waals surface area contributed by atoms with Crippen molar-refractivity contribution in [3.05, 3.63) is 173 Å². The summed E-state index contributed by atoms with van der Waals surface area (Å²) in [6.45, 7) is 37.4. The van der Waals surface area contributed by atoms with Gasteiger partial charge in [0.15, 0.2) is 19.8 Å². The van der Waals surface area contributed by atoms with Gasteiger partial charge in [0.2, 0.25) is 0 Å². The van der Waals surface area contributed by atoms with E-state index in [1.807, 2.05) is 139 Å². The summed E-state index contributed by atoms with van der Waals surface area (Å²) in [6, 6.07) is 57.1. The summed E-state index contributed by atoms with van der Waals surface area (Å²) in [4.78, 5) is 0. The molecule has 2 atom stereocenters. The fraction of sp³-hybridized carbons (Fsp3) is 0.324. The van der Waals surface area contributed by atoms with Crippen molar-refractivity contribution in [1.82, 2.24) is 25.0 Å². The molecule has 7 nitrogen and oxygen atoms in total. The zero-order chi connectivity index (χ0) is 60.4. The zero-order valence-corrected chi connectivity index (χ0v) is 57.1. The third-order valence-electron chi connectivity index (χ3n) is 15.6. The number of aromatic nitrogens is 5. The first-order valence-corrected chi connectivity index (χ1v) is 31.5. The van der Waals surface area contributed by atoms with E-state index in [-0.39, 0.29) is 66.1 Å². The molecule has 2 unspecified atom stereocenters. The molecule has 2 aliphatic carbocycles. The molecule has 85 heavy (non-hydrogen) atoms. The van der Waals surface area contributed by atoms with Crippen LogP contribution in [0.4, 0.5) is 0 Å². The maximum atomic E-state index is 4.66. The molecule has 10 aromatic rings. The van der Waals surface area contributed by atoms with Gasteiger partial charge in [0.1, 0.15) is 0 Å². The van der Waals surface area contributed by atoms with Crippen LogP contribution in [-0.4, -0.2) is 65.6 Å². The van der Waals surface area contributed by atoms with Crippen LogP contribution in [0.1, 0.15) is 159 Å². The monoisotopic (exact) mass is 1310 g/mol. The summed E-state index contributed by atoms with van der Waals surface area (Å²) in [7, 11) is 3.84. The van der Waals surface area contributed by atoms with Gasteiger partial charge in [-0.25, -0.2) is 0 Å². The molecule has 2 aromatic heterocycles. The van der Waals surface area contributed by atoms with E-state index in [2.05, 4.69) is 169 Å². The van der Waals surface area contributed by atoms with Gasteiger partial charge in [-0.15, -0.1) is 78.0 Å². The van der Waals surface area contributed by atoms with Crippen molar-refractivity contribution in [3.8, 4) is 72.7 Å². The van der Waals surface area contributed by atoms with Crippen molar-refractivity contribution < 1.29 is 40.8 Å². The second-order valence-corrected chi connectivity index (χ2v) is 18.4. The van der Waals surface area contributed by atoms with Crippen LogP contribution in [0.15, 0.2) is 116 Å². The van der Waals surface area contributed by atoms with Crippen molar-refractivity contribution in [3.63, 3.8) is 0 Å². The molecule has 8 aromatic carbocycles. The minimum absolute atomic E-state index is 0. The largest absolute Gasteiger partial charge is 0.664 e. The standard InChI is InChI=1S/C56H31B2N7.9C2H6.2Pd/c1-59-25-46-30-11-5-3-9-28(30)36-17-40-32-13-7-15-34-42-19-44-45-20-43-35-16-8-14-33-41-18-37-29-10-4-6-12-31(29)47(26-60-2)39(37)22-49(41)58(55(33)35)51(43)24-53(45)65(56-63-61-27-62-64-56)52(44)23-50(42)57(54(32)34)48(40)21-38(36)46;9*1-2;;/h3-20,27,46-47H,25-26H2,1-2H3;9*1-2H3;;/q-6;;;;;;;;;;;. The average molecular weight is 1310 g/mol. The Bertz CT molecular complexity index is 3640. The number of hydrogen-bond donors (Lipinski definition) is 0. The Balaban J connectivity index is 0.000000609. The van der Waals surface area contributed by atoms with Gasteiger partial charge in [0, 0.05) is 40.8 Å². The number of likely N-dealkylation sites (N-methyl/N-ethyl adjacent to an activating group) is 2. The maximum Gasteiger partial charge on any atom is 0.269 e. The minimum Gasteiger partial charge on any atom is -0.664 e. The van der Waals surface area contributed by atoms with Gasteiger partial charge in [-0.2, -0.15) is 95.2 Å². The zero-order valence-electron chi connectivity index (χ0n) is 54.0. The maximum absolute atomic E-state index is 4.66. The first-order valence-electron chi connectivity index (χ1n) is 31.5. The molecule has 0 amide bonds. The van der Waals surface area contributed by atoms with Crippen molar-refractivity contribution in [2.75, 3.05) is 27.2 Å². The fourth-order valence-electron chi connectivity index (χ4n) is 13.1. The fourth-order valence-corrected chi connectivity index (χ4v) is 13.1. The van der Waals surface area contributed by atoms with Gasteiger partial charge in [-0.05, 0) is 23.0 Å². The quantitative estimate of drug-likeness (QED) is 0.127. The van der Waals surface area contributed by atoms with Crippen LogP contribution >= 0.6 is 0 Å². The molecule has 6 heterocycles. The van der Waals surface area contributed by atoms with Crippen LogP contribution in [0, 0.1) is 24.3 Å². The van der Waals surface area contributed by atoms with E-state index in [1.54, 1.807) is 0 Å². The molecule has 4 aliphatic heterocycles. The Hall–Kier alpha value is -6.13. The summed E-state index contributed by atoms with van der Waals surface area (Å²) >= 11 is 0. The van der Waals surface area contributed by atoms with Gasteiger partial charge >= 0.3 is 0 Å². The molecule has 16 rings (SSSR count). The second-order valence-electron chi connectivity index (χ2n) is 18.4. The molecule has 6 aliphatic rings. The van der Waals surface area contributed by atoms with Gasteiger partial charge in [-0.1, -0.05) is 265 Å². The minimum atomic E-state index is -0.00903. The molecule has 0 fully saturated rings. The number of benzene rings is 8. The van der Waals surface area contributed by atoms with Crippen molar-refractivity contribution in [2.24, 2.45) is 0 Å². The topological polar surface area (TPSA) is 84.7 Å². The number of hydrogen-bond acceptors (Lipinski definition) is 4. The molecule has 0 saturated carbocycles. The van der Waals surface area contributed by atoms with Crippen LogP contribution in [0.2, 0.25) is 0 Å². The first kappa shape index (κ1) is 69.6. The van der Waals surface area contributed by atoms with Gasteiger partial charge in [0.25, 0.3) is 5.95 Å². The van der Waals surface area contributed by atoms with Gasteiger partial charge < -0.3 is 15.2 Å². The van der Waals surface area contributed by atoms with Crippen molar-refractivity contribution in [2.45, 2.75) is 136 Å². The third kappa shape index (κ3) is 11.0. The Morgan fingerprint density at radius 3 is 1.06 bits per heavy atom. The first-order chi connectivity index (χ1) is 41.2. The van der Waals surface area contributed by atoms with E-state index in [0.717, 1.165) is 45.8 Å². The Labute approximate surface area is 539 Å². The molecule has 0 bridgehead atoms. The second kappa shape index (κ2) is 31.5. The molecular formula is C74H85B2N7Pd2-6. The number of rotatable bonds is 5. The number of nitrogens with zero attached hydrogens (tertiary/aromatic N) is 7. The summed E-state index contributed by atoms with van der Waals surface area (Å²) in [6.07, 6.45) is 1.39. The van der Waals surface area contributed by atoms with E-state index in [4.69, 9.17) is 0 Å². The predicted octanol–water partition coefficient (Wildman–Crippen LogP) is 16.0. The van der Waals surface area contributed by atoms with Crippen LogP contribution < -0.4 is 32.8 Å². The smallest absolute Gasteiger partial charge is 0.269 e. The Morgan fingerprint density at radius 2 is 0.706 bits per heavy atom. The van der Waals surface area contributed by atoms with Crippen LogP contribution in [0.25, 0.3) is 105 Å². The molecule has 0 spiro atoms.